The average molecular weight is 546 g/mol. The van der Waals surface area contributed by atoms with Crippen LogP contribution in [0, 0.1) is 11.3 Å². The van der Waals surface area contributed by atoms with Gasteiger partial charge in [0.15, 0.2) is 6.10 Å². The molecule has 0 saturated carbocycles. The number of nitrogens with one attached hydrogen (secondary N) is 1. The van der Waals surface area contributed by atoms with Crippen molar-refractivity contribution in [2.75, 3.05) is 25.9 Å². The van der Waals surface area contributed by atoms with Crippen LogP contribution >= 0.6 is 7.60 Å². The Kier molecular flexibility index (Phi) is 10.6. The summed E-state index contributed by atoms with van der Waals surface area (Å²) < 4.78 is 35.1. The van der Waals surface area contributed by atoms with Crippen molar-refractivity contribution in [1.82, 2.24) is 5.32 Å². The Morgan fingerprint density at radius 1 is 1.03 bits per heavy atom. The maximum Gasteiger partial charge on any atom is 0.332 e. The van der Waals surface area contributed by atoms with Crippen LogP contribution in [0.4, 0.5) is 0 Å². The van der Waals surface area contributed by atoms with Crippen LogP contribution in [0.1, 0.15) is 38.3 Å². The molecule has 9 nitrogen and oxygen atoms in total. The number of benzene rings is 2. The summed E-state index contributed by atoms with van der Waals surface area (Å²) in [6, 6.07) is 18.9. The topological polar surface area (TPSA) is 117 Å². The molecule has 1 fully saturated rings. The molecule has 10 heteroatoms. The van der Waals surface area contributed by atoms with Crippen LogP contribution in [0.3, 0.4) is 0 Å². The predicted octanol–water partition coefficient (Wildman–Crippen LogP) is 4.29. The van der Waals surface area contributed by atoms with Crippen molar-refractivity contribution in [3.63, 3.8) is 0 Å². The Balaban J connectivity index is 1.45. The third-order valence-electron chi connectivity index (χ3n) is 6.10. The Hall–Kier alpha value is -3.00. The van der Waals surface area contributed by atoms with E-state index in [0.29, 0.717) is 6.42 Å². The van der Waals surface area contributed by atoms with E-state index >= 15 is 0 Å². The molecule has 2 aromatic rings. The first kappa shape index (κ1) is 29.6. The van der Waals surface area contributed by atoms with Gasteiger partial charge in [0.2, 0.25) is 5.91 Å². The van der Waals surface area contributed by atoms with Gasteiger partial charge in [0, 0.05) is 18.4 Å². The maximum absolute atomic E-state index is 13.3. The molecule has 1 saturated heterocycles. The van der Waals surface area contributed by atoms with Gasteiger partial charge < -0.3 is 19.3 Å². The third kappa shape index (κ3) is 9.08. The van der Waals surface area contributed by atoms with Crippen molar-refractivity contribution < 1.29 is 37.5 Å². The van der Waals surface area contributed by atoms with Gasteiger partial charge in [-0.1, -0.05) is 81.4 Å². The number of hydrogen-bond acceptors (Lipinski definition) is 8. The first-order valence-electron chi connectivity index (χ1n) is 12.7. The largest absolute Gasteiger partial charge is 0.465 e. The molecule has 1 unspecified atom stereocenters. The lowest BCUT2D eigenvalue weighted by Gasteiger charge is -2.40. The Labute approximate surface area is 223 Å². The van der Waals surface area contributed by atoms with E-state index in [1.165, 1.54) is 0 Å². The van der Waals surface area contributed by atoms with Gasteiger partial charge in [0.05, 0.1) is 31.7 Å². The Morgan fingerprint density at radius 2 is 1.66 bits per heavy atom. The van der Waals surface area contributed by atoms with Crippen molar-refractivity contribution in [3.05, 3.63) is 71.8 Å². The van der Waals surface area contributed by atoms with Crippen LogP contribution in [0.25, 0.3) is 0 Å². The van der Waals surface area contributed by atoms with Crippen molar-refractivity contribution >= 4 is 25.4 Å². The zero-order valence-electron chi connectivity index (χ0n) is 22.1. The minimum atomic E-state index is -3.75. The molecule has 1 aliphatic heterocycles. The number of ether oxygens (including phenoxy) is 2. The fourth-order valence-electron chi connectivity index (χ4n) is 3.83. The second-order valence-corrected chi connectivity index (χ2v) is 12.1. The summed E-state index contributed by atoms with van der Waals surface area (Å²) in [5.74, 6) is -2.22. The van der Waals surface area contributed by atoms with E-state index in [0.717, 1.165) is 11.1 Å². The van der Waals surface area contributed by atoms with Gasteiger partial charge in [-0.3, -0.25) is 23.5 Å². The van der Waals surface area contributed by atoms with E-state index in [4.69, 9.17) is 18.5 Å². The quantitative estimate of drug-likeness (QED) is 0.310. The van der Waals surface area contributed by atoms with Crippen molar-refractivity contribution in [3.8, 4) is 0 Å². The van der Waals surface area contributed by atoms with Gasteiger partial charge in [-0.15, -0.1) is 0 Å². The molecule has 0 radical (unpaired) electrons. The van der Waals surface area contributed by atoms with Gasteiger partial charge in [-0.2, -0.15) is 0 Å². The Morgan fingerprint density at radius 3 is 2.32 bits per heavy atom. The highest BCUT2D eigenvalue weighted by molar-refractivity contribution is 7.54. The number of amides is 1. The SMILES string of the molecule is C[C@H](CP1(=O)OCC(C)(C)[C@H](C(=O)NCCC(=O)OCc2ccccc2)O1)C(=O)OCCc1ccccc1. The normalized spacial score (nSPS) is 21.2. The molecule has 0 aliphatic carbocycles. The fraction of sp³-hybridized carbons (Fsp3) is 0.464. The van der Waals surface area contributed by atoms with E-state index in [9.17, 15) is 18.9 Å². The highest BCUT2D eigenvalue weighted by Gasteiger charge is 2.48. The summed E-state index contributed by atoms with van der Waals surface area (Å²) >= 11 is 0. The van der Waals surface area contributed by atoms with Crippen molar-refractivity contribution in [2.45, 2.75) is 46.3 Å². The van der Waals surface area contributed by atoms with Gasteiger partial charge >= 0.3 is 19.5 Å². The molecular weight excluding hydrogens is 509 g/mol. The van der Waals surface area contributed by atoms with Crippen LogP contribution in [-0.2, 0) is 50.5 Å². The number of esters is 2. The highest BCUT2D eigenvalue weighted by atomic mass is 31.2. The lowest BCUT2D eigenvalue weighted by atomic mass is 9.87. The van der Waals surface area contributed by atoms with E-state index in [1.807, 2.05) is 60.7 Å². The third-order valence-corrected chi connectivity index (χ3v) is 8.15. The van der Waals surface area contributed by atoms with Crippen molar-refractivity contribution in [1.29, 1.82) is 0 Å². The lowest BCUT2D eigenvalue weighted by molar-refractivity contribution is -0.147. The van der Waals surface area contributed by atoms with Crippen LogP contribution in [0.5, 0.6) is 0 Å². The summed E-state index contributed by atoms with van der Waals surface area (Å²) in [6.07, 6.45) is -0.738. The average Bonchev–Trinajstić information content (AvgIpc) is 2.90. The molecule has 0 bridgehead atoms. The molecule has 1 N–H and O–H groups in total. The van der Waals surface area contributed by atoms with Crippen LogP contribution < -0.4 is 5.32 Å². The molecule has 2 aromatic carbocycles. The van der Waals surface area contributed by atoms with Crippen LogP contribution in [0.2, 0.25) is 0 Å². The summed E-state index contributed by atoms with van der Waals surface area (Å²) in [5, 5.41) is 2.66. The first-order chi connectivity index (χ1) is 18.1. The van der Waals surface area contributed by atoms with Gasteiger partial charge in [0.25, 0.3) is 0 Å². The lowest BCUT2D eigenvalue weighted by Crippen LogP contribution is -2.50. The molecule has 38 heavy (non-hydrogen) atoms. The predicted molar refractivity (Wildman–Crippen MR) is 141 cm³/mol. The summed E-state index contributed by atoms with van der Waals surface area (Å²) in [7, 11) is -3.75. The molecule has 1 amide bonds. The molecule has 3 rings (SSSR count). The fourth-order valence-corrected chi connectivity index (χ4v) is 6.13. The summed E-state index contributed by atoms with van der Waals surface area (Å²) in [4.78, 5) is 37.4. The van der Waals surface area contributed by atoms with Gasteiger partial charge in [-0.05, 0) is 11.1 Å². The zero-order valence-corrected chi connectivity index (χ0v) is 23.0. The smallest absolute Gasteiger partial charge is 0.332 e. The molecule has 0 aromatic heterocycles. The Bertz CT molecular complexity index is 1120. The zero-order chi connectivity index (χ0) is 27.6. The standard InChI is InChI=1S/C28H36NO8P/c1-21(27(32)34-17-15-22-10-6-4-7-11-22)19-38(33)36-20-28(2,3)25(37-38)26(31)29-16-14-24(30)35-18-23-12-8-5-9-13-23/h4-13,21,25H,14-20H2,1-3H3,(H,29,31)/t21-,25+,38?/m1/s1. The van der Waals surface area contributed by atoms with Crippen LogP contribution in [0.15, 0.2) is 60.7 Å². The van der Waals surface area contributed by atoms with E-state index in [-0.39, 0.29) is 38.9 Å². The molecule has 1 heterocycles. The molecule has 206 valence electrons. The van der Waals surface area contributed by atoms with E-state index in [1.54, 1.807) is 20.8 Å². The number of hydrogen-bond donors (Lipinski definition) is 1. The molecule has 0 spiro atoms. The summed E-state index contributed by atoms with van der Waals surface area (Å²) in [6.45, 7) is 5.51. The second-order valence-electron chi connectivity index (χ2n) is 10.0. The van der Waals surface area contributed by atoms with Crippen LogP contribution in [-0.4, -0.2) is 49.9 Å². The first-order valence-corrected chi connectivity index (χ1v) is 14.4. The van der Waals surface area contributed by atoms with E-state index < -0.39 is 42.9 Å². The van der Waals surface area contributed by atoms with Gasteiger partial charge in [-0.25, -0.2) is 0 Å². The van der Waals surface area contributed by atoms with Crippen molar-refractivity contribution in [2.24, 2.45) is 11.3 Å². The maximum atomic E-state index is 13.3. The monoisotopic (exact) mass is 545 g/mol. The molecule has 3 atom stereocenters. The highest BCUT2D eigenvalue weighted by Crippen LogP contribution is 2.57. The minimum Gasteiger partial charge on any atom is -0.465 e. The summed E-state index contributed by atoms with van der Waals surface area (Å²) in [5.41, 5.74) is 1.14. The number of rotatable bonds is 12. The van der Waals surface area contributed by atoms with Gasteiger partial charge in [0.1, 0.15) is 6.61 Å². The number of carbonyl (C=O) groups excluding carboxylic acids is 3. The second kappa shape index (κ2) is 13.7. The molecular formula is C28H36NO8P. The van der Waals surface area contributed by atoms with E-state index in [2.05, 4.69) is 5.32 Å². The minimum absolute atomic E-state index is 0.0112. The number of carbonyl (C=O) groups is 3. The molecule has 1 aliphatic rings.